The molecule has 182 valence electrons. The smallest absolute Gasteiger partial charge is 0.336 e. The lowest BCUT2D eigenvalue weighted by Gasteiger charge is -2.14. The summed E-state index contributed by atoms with van der Waals surface area (Å²) in [6, 6.07) is 22.5. The number of benzene rings is 4. The molecule has 2 amide bonds. The van der Waals surface area contributed by atoms with Crippen molar-refractivity contribution in [3.63, 3.8) is 0 Å². The van der Waals surface area contributed by atoms with Crippen LogP contribution in [0.15, 0.2) is 83.8 Å². The molecule has 1 atom stereocenters. The summed E-state index contributed by atoms with van der Waals surface area (Å²) in [7, 11) is 0. The molecule has 0 radical (unpaired) electrons. The molecular weight excluding hydrogens is 496 g/mol. The highest BCUT2D eigenvalue weighted by Crippen LogP contribution is 2.29. The fourth-order valence-corrected chi connectivity index (χ4v) is 4.80. The Morgan fingerprint density at radius 3 is 2.17 bits per heavy atom. The number of carboxylic acids is 1. The molecule has 0 saturated carbocycles. The van der Waals surface area contributed by atoms with Gasteiger partial charge in [-0.15, -0.1) is 11.8 Å². The SMILES string of the molecule is Cc1c(Cl)cccc1NC(=O)C(C)Sc1ccc(NC(=O)c2cccc3cccc(C(=O)O)c23)cc1. The van der Waals surface area contributed by atoms with Gasteiger partial charge in [-0.25, -0.2) is 4.79 Å². The number of nitrogens with one attached hydrogen (secondary N) is 2. The number of fused-ring (bicyclic) bond motifs is 1. The Morgan fingerprint density at radius 1 is 0.861 bits per heavy atom. The molecular formula is C28H23ClN2O4S. The number of anilines is 2. The maximum absolute atomic E-state index is 13.0. The van der Waals surface area contributed by atoms with E-state index in [4.69, 9.17) is 11.6 Å². The van der Waals surface area contributed by atoms with E-state index in [2.05, 4.69) is 10.6 Å². The van der Waals surface area contributed by atoms with Crippen molar-refractivity contribution in [2.75, 3.05) is 10.6 Å². The fourth-order valence-electron chi connectivity index (χ4n) is 3.76. The van der Waals surface area contributed by atoms with Crippen molar-refractivity contribution in [1.82, 2.24) is 0 Å². The number of carbonyl (C=O) groups excluding carboxylic acids is 2. The molecule has 0 spiro atoms. The molecule has 0 aliphatic rings. The van der Waals surface area contributed by atoms with E-state index in [0.29, 0.717) is 27.2 Å². The molecule has 3 N–H and O–H groups in total. The monoisotopic (exact) mass is 518 g/mol. The largest absolute Gasteiger partial charge is 0.478 e. The molecule has 0 saturated heterocycles. The summed E-state index contributed by atoms with van der Waals surface area (Å²) in [6.45, 7) is 3.67. The molecule has 0 aromatic heterocycles. The van der Waals surface area contributed by atoms with E-state index in [9.17, 15) is 19.5 Å². The molecule has 0 aliphatic heterocycles. The Morgan fingerprint density at radius 2 is 1.50 bits per heavy atom. The van der Waals surface area contributed by atoms with Crippen LogP contribution in [0.1, 0.15) is 33.2 Å². The summed E-state index contributed by atoms with van der Waals surface area (Å²) in [5.41, 5.74) is 2.40. The molecule has 0 aliphatic carbocycles. The predicted octanol–water partition coefficient (Wildman–Crippen LogP) is 6.87. The molecule has 6 nitrogen and oxygen atoms in total. The molecule has 1 unspecified atom stereocenters. The van der Waals surface area contributed by atoms with Gasteiger partial charge in [-0.1, -0.05) is 41.9 Å². The molecule has 0 bridgehead atoms. The predicted molar refractivity (Wildman–Crippen MR) is 145 cm³/mol. The number of rotatable bonds is 7. The standard InChI is InChI=1S/C28H23ClN2O4S/c1-16-23(29)10-5-11-24(16)31-26(32)17(2)36-20-14-12-19(13-15-20)30-27(33)21-8-3-6-18-7-4-9-22(25(18)21)28(34)35/h3-15,17H,1-2H3,(H,30,33)(H,31,32)(H,34,35). The van der Waals surface area contributed by atoms with E-state index < -0.39 is 11.9 Å². The quantitative estimate of drug-likeness (QED) is 0.232. The Kier molecular flexibility index (Phi) is 7.62. The topological polar surface area (TPSA) is 95.5 Å². The van der Waals surface area contributed by atoms with Gasteiger partial charge in [-0.2, -0.15) is 0 Å². The van der Waals surface area contributed by atoms with E-state index in [1.807, 2.05) is 32.0 Å². The number of carboxylic acid groups (broad SMARTS) is 1. The third-order valence-electron chi connectivity index (χ3n) is 5.70. The van der Waals surface area contributed by atoms with Crippen LogP contribution >= 0.6 is 23.4 Å². The van der Waals surface area contributed by atoms with E-state index in [1.54, 1.807) is 54.6 Å². The van der Waals surface area contributed by atoms with Crippen LogP contribution < -0.4 is 10.6 Å². The van der Waals surface area contributed by atoms with Crippen molar-refractivity contribution in [3.05, 3.63) is 101 Å². The molecule has 0 fully saturated rings. The number of aromatic carboxylic acids is 1. The second-order valence-corrected chi connectivity index (χ2v) is 9.98. The number of thioether (sulfide) groups is 1. The number of hydrogen-bond acceptors (Lipinski definition) is 4. The summed E-state index contributed by atoms with van der Waals surface area (Å²) >= 11 is 7.52. The minimum atomic E-state index is -1.09. The maximum Gasteiger partial charge on any atom is 0.336 e. The van der Waals surface area contributed by atoms with Gasteiger partial charge in [-0.3, -0.25) is 9.59 Å². The van der Waals surface area contributed by atoms with Crippen molar-refractivity contribution in [2.24, 2.45) is 0 Å². The highest BCUT2D eigenvalue weighted by Gasteiger charge is 2.18. The molecule has 0 heterocycles. The van der Waals surface area contributed by atoms with Crippen LogP contribution in [0.3, 0.4) is 0 Å². The van der Waals surface area contributed by atoms with Gasteiger partial charge >= 0.3 is 5.97 Å². The van der Waals surface area contributed by atoms with Crippen molar-refractivity contribution < 1.29 is 19.5 Å². The highest BCUT2D eigenvalue weighted by atomic mass is 35.5. The first-order valence-electron chi connectivity index (χ1n) is 11.1. The summed E-state index contributed by atoms with van der Waals surface area (Å²) < 4.78 is 0. The van der Waals surface area contributed by atoms with Crippen LogP contribution in [0, 0.1) is 6.92 Å². The van der Waals surface area contributed by atoms with Crippen molar-refractivity contribution in [2.45, 2.75) is 24.0 Å². The van der Waals surface area contributed by atoms with Gasteiger partial charge in [0.2, 0.25) is 5.91 Å². The molecule has 4 aromatic carbocycles. The Balaban J connectivity index is 1.44. The van der Waals surface area contributed by atoms with E-state index >= 15 is 0 Å². The van der Waals surface area contributed by atoms with Gasteiger partial charge in [-0.05, 0) is 73.3 Å². The molecule has 36 heavy (non-hydrogen) atoms. The zero-order chi connectivity index (χ0) is 25.8. The lowest BCUT2D eigenvalue weighted by molar-refractivity contribution is -0.115. The van der Waals surface area contributed by atoms with Gasteiger partial charge < -0.3 is 15.7 Å². The maximum atomic E-state index is 13.0. The van der Waals surface area contributed by atoms with Gasteiger partial charge in [0.05, 0.1) is 10.8 Å². The summed E-state index contributed by atoms with van der Waals surface area (Å²) in [5, 5.41) is 16.6. The van der Waals surface area contributed by atoms with Crippen LogP contribution in [0.25, 0.3) is 10.8 Å². The first-order valence-corrected chi connectivity index (χ1v) is 12.4. The van der Waals surface area contributed by atoms with Gasteiger partial charge in [0.25, 0.3) is 5.91 Å². The lowest BCUT2D eigenvalue weighted by atomic mass is 9.98. The molecule has 8 heteroatoms. The van der Waals surface area contributed by atoms with E-state index in [0.717, 1.165) is 10.5 Å². The average Bonchev–Trinajstić information content (AvgIpc) is 2.87. The number of hydrogen-bond donors (Lipinski definition) is 3. The van der Waals surface area contributed by atoms with Crippen LogP contribution in [0.5, 0.6) is 0 Å². The number of carbonyl (C=O) groups is 3. The summed E-state index contributed by atoms with van der Waals surface area (Å²) in [4.78, 5) is 38.2. The third kappa shape index (κ3) is 5.53. The van der Waals surface area contributed by atoms with Crippen molar-refractivity contribution >= 4 is 63.3 Å². The molecule has 4 rings (SSSR count). The summed E-state index contributed by atoms with van der Waals surface area (Å²) in [5.74, 6) is -1.64. The van der Waals surface area contributed by atoms with Crippen LogP contribution in [0.2, 0.25) is 5.02 Å². The van der Waals surface area contributed by atoms with Crippen LogP contribution in [-0.4, -0.2) is 28.1 Å². The molecule has 4 aromatic rings. The van der Waals surface area contributed by atoms with Crippen LogP contribution in [0.4, 0.5) is 11.4 Å². The Hall–Kier alpha value is -3.81. The first kappa shape index (κ1) is 25.3. The van der Waals surface area contributed by atoms with Crippen molar-refractivity contribution in [1.29, 1.82) is 0 Å². The zero-order valence-electron chi connectivity index (χ0n) is 19.5. The average molecular weight is 519 g/mol. The van der Waals surface area contributed by atoms with E-state index in [1.165, 1.54) is 17.8 Å². The lowest BCUT2D eigenvalue weighted by Crippen LogP contribution is -2.22. The third-order valence-corrected chi connectivity index (χ3v) is 7.22. The fraction of sp³-hybridized carbons (Fsp3) is 0.107. The number of halogens is 1. The first-order chi connectivity index (χ1) is 17.2. The summed E-state index contributed by atoms with van der Waals surface area (Å²) in [6.07, 6.45) is 0. The normalized spacial score (nSPS) is 11.6. The Bertz CT molecular complexity index is 1470. The highest BCUT2D eigenvalue weighted by molar-refractivity contribution is 8.00. The van der Waals surface area contributed by atoms with Crippen molar-refractivity contribution in [3.8, 4) is 0 Å². The number of amides is 2. The second kappa shape index (κ2) is 10.8. The Labute approximate surface area is 217 Å². The van der Waals surface area contributed by atoms with E-state index in [-0.39, 0.29) is 22.3 Å². The second-order valence-electron chi connectivity index (χ2n) is 8.15. The van der Waals surface area contributed by atoms with Crippen LogP contribution in [-0.2, 0) is 4.79 Å². The minimum Gasteiger partial charge on any atom is -0.478 e. The minimum absolute atomic E-state index is 0.0743. The van der Waals surface area contributed by atoms with Gasteiger partial charge in [0.1, 0.15) is 0 Å². The van der Waals surface area contributed by atoms with Gasteiger partial charge in [0.15, 0.2) is 0 Å². The zero-order valence-corrected chi connectivity index (χ0v) is 21.1. The van der Waals surface area contributed by atoms with Gasteiger partial charge in [0, 0.05) is 32.2 Å².